The molecule has 0 spiro atoms. The van der Waals surface area contributed by atoms with E-state index in [-0.39, 0.29) is 5.41 Å². The zero-order valence-corrected chi connectivity index (χ0v) is 12.1. The third-order valence-corrected chi connectivity index (χ3v) is 4.89. The third-order valence-electron chi connectivity index (χ3n) is 4.13. The Labute approximate surface area is 116 Å². The van der Waals surface area contributed by atoms with Crippen LogP contribution in [0.3, 0.4) is 0 Å². The van der Waals surface area contributed by atoms with E-state index in [1.54, 1.807) is 0 Å². The van der Waals surface area contributed by atoms with Crippen LogP contribution >= 0.6 is 11.5 Å². The van der Waals surface area contributed by atoms with Crippen molar-refractivity contribution in [2.75, 3.05) is 11.4 Å². The lowest BCUT2D eigenvalue weighted by atomic mass is 9.76. The number of aromatic nitrogens is 2. The van der Waals surface area contributed by atoms with Crippen LogP contribution in [0.1, 0.15) is 51.3 Å². The van der Waals surface area contributed by atoms with Gasteiger partial charge in [0.25, 0.3) is 0 Å². The second kappa shape index (κ2) is 4.44. The molecule has 6 heteroatoms. The maximum absolute atomic E-state index is 11.6. The summed E-state index contributed by atoms with van der Waals surface area (Å²) in [6.45, 7) is 4.82. The maximum Gasteiger partial charge on any atom is 0.326 e. The predicted octanol–water partition coefficient (Wildman–Crippen LogP) is 2.50. The number of carboxylic acids is 1. The van der Waals surface area contributed by atoms with Crippen LogP contribution in [0.25, 0.3) is 0 Å². The Morgan fingerprint density at radius 1 is 1.47 bits per heavy atom. The molecule has 1 aliphatic heterocycles. The molecule has 1 saturated carbocycles. The first-order chi connectivity index (χ1) is 8.99. The summed E-state index contributed by atoms with van der Waals surface area (Å²) in [7, 11) is 0. The van der Waals surface area contributed by atoms with E-state index >= 15 is 0 Å². The van der Waals surface area contributed by atoms with Gasteiger partial charge in [-0.2, -0.15) is 4.37 Å². The highest BCUT2D eigenvalue weighted by atomic mass is 32.1. The van der Waals surface area contributed by atoms with Crippen molar-refractivity contribution in [3.05, 3.63) is 5.82 Å². The van der Waals surface area contributed by atoms with Gasteiger partial charge in [0.05, 0.1) is 0 Å². The summed E-state index contributed by atoms with van der Waals surface area (Å²) in [4.78, 5) is 18.1. The number of nitrogens with zero attached hydrogens (tertiary/aromatic N) is 3. The van der Waals surface area contributed by atoms with Crippen molar-refractivity contribution in [1.82, 2.24) is 9.36 Å². The van der Waals surface area contributed by atoms with E-state index in [9.17, 15) is 9.90 Å². The van der Waals surface area contributed by atoms with Crippen LogP contribution in [0.5, 0.6) is 0 Å². The molecule has 5 nitrogen and oxygen atoms in total. The fourth-order valence-corrected chi connectivity index (χ4v) is 3.72. The van der Waals surface area contributed by atoms with Crippen LogP contribution in [0.15, 0.2) is 0 Å². The average Bonchev–Trinajstić information content (AvgIpc) is 3.05. The minimum Gasteiger partial charge on any atom is -0.480 e. The van der Waals surface area contributed by atoms with Gasteiger partial charge in [-0.3, -0.25) is 0 Å². The largest absolute Gasteiger partial charge is 0.480 e. The number of carbonyl (C=O) groups is 1. The molecular weight excluding hydrogens is 262 g/mol. The molecule has 2 fully saturated rings. The van der Waals surface area contributed by atoms with Gasteiger partial charge < -0.3 is 10.0 Å². The first-order valence-corrected chi connectivity index (χ1v) is 7.59. The number of rotatable bonds is 3. The highest BCUT2D eigenvalue weighted by Crippen LogP contribution is 2.42. The van der Waals surface area contributed by atoms with Gasteiger partial charge in [-0.1, -0.05) is 13.8 Å². The van der Waals surface area contributed by atoms with E-state index in [4.69, 9.17) is 0 Å². The molecule has 1 unspecified atom stereocenters. The summed E-state index contributed by atoms with van der Waals surface area (Å²) in [5.74, 6) is 0.673. The van der Waals surface area contributed by atoms with E-state index in [0.717, 1.165) is 30.3 Å². The van der Waals surface area contributed by atoms with Crippen molar-refractivity contribution in [3.8, 4) is 0 Å². The van der Waals surface area contributed by atoms with Gasteiger partial charge in [0, 0.05) is 24.0 Å². The van der Waals surface area contributed by atoms with Gasteiger partial charge in [-0.15, -0.1) is 0 Å². The van der Waals surface area contributed by atoms with Crippen LogP contribution < -0.4 is 4.90 Å². The van der Waals surface area contributed by atoms with Gasteiger partial charge >= 0.3 is 5.97 Å². The van der Waals surface area contributed by atoms with Crippen LogP contribution in [0, 0.1) is 5.41 Å². The Balaban J connectivity index is 1.89. The standard InChI is InChI=1S/C13H19N3O2S/c1-13(2)6-3-7-16(9(13)11(17)18)12-14-10(15-19-12)8-4-5-8/h8-9H,3-7H2,1-2H3,(H,17,18). The monoisotopic (exact) mass is 281 g/mol. The summed E-state index contributed by atoms with van der Waals surface area (Å²) >= 11 is 1.35. The highest BCUT2D eigenvalue weighted by molar-refractivity contribution is 7.09. The molecule has 0 aromatic carbocycles. The van der Waals surface area contributed by atoms with Crippen molar-refractivity contribution in [2.45, 2.75) is 51.5 Å². The van der Waals surface area contributed by atoms with Gasteiger partial charge in [-0.25, -0.2) is 9.78 Å². The summed E-state index contributed by atoms with van der Waals surface area (Å²) < 4.78 is 4.39. The minimum absolute atomic E-state index is 0.227. The molecular formula is C13H19N3O2S. The zero-order valence-electron chi connectivity index (χ0n) is 11.3. The Morgan fingerprint density at radius 3 is 2.84 bits per heavy atom. The SMILES string of the molecule is CC1(C)CCCN(c2nc(C3CC3)ns2)C1C(=O)O. The number of hydrogen-bond donors (Lipinski definition) is 1. The first kappa shape index (κ1) is 12.8. The topological polar surface area (TPSA) is 66.3 Å². The molecule has 19 heavy (non-hydrogen) atoms. The molecule has 1 aromatic rings. The molecule has 0 radical (unpaired) electrons. The fraction of sp³-hybridized carbons (Fsp3) is 0.769. The normalized spacial score (nSPS) is 26.4. The second-order valence-corrected chi connectivity index (χ2v) is 6.97. The Morgan fingerprint density at radius 2 is 2.21 bits per heavy atom. The van der Waals surface area contributed by atoms with E-state index < -0.39 is 12.0 Å². The smallest absolute Gasteiger partial charge is 0.326 e. The molecule has 1 saturated heterocycles. The lowest BCUT2D eigenvalue weighted by molar-refractivity contribution is -0.142. The third kappa shape index (κ3) is 2.33. The predicted molar refractivity (Wildman–Crippen MR) is 73.7 cm³/mol. The quantitative estimate of drug-likeness (QED) is 0.922. The van der Waals surface area contributed by atoms with Crippen molar-refractivity contribution >= 4 is 22.6 Å². The molecule has 2 heterocycles. The van der Waals surface area contributed by atoms with Gasteiger partial charge in [0.1, 0.15) is 11.9 Å². The Kier molecular flexibility index (Phi) is 3.00. The van der Waals surface area contributed by atoms with E-state index in [2.05, 4.69) is 9.36 Å². The number of hydrogen-bond acceptors (Lipinski definition) is 5. The number of piperidine rings is 1. The second-order valence-electron chi connectivity index (χ2n) is 6.24. The summed E-state index contributed by atoms with van der Waals surface area (Å²) in [6, 6.07) is -0.499. The lowest BCUT2D eigenvalue weighted by Gasteiger charge is -2.43. The Bertz CT molecular complexity index is 496. The maximum atomic E-state index is 11.6. The van der Waals surface area contributed by atoms with Crippen molar-refractivity contribution in [2.24, 2.45) is 5.41 Å². The van der Waals surface area contributed by atoms with Crippen LogP contribution in [0.4, 0.5) is 5.13 Å². The van der Waals surface area contributed by atoms with Crippen molar-refractivity contribution in [3.63, 3.8) is 0 Å². The molecule has 3 rings (SSSR count). The van der Waals surface area contributed by atoms with E-state index in [1.165, 1.54) is 24.4 Å². The molecule has 2 aliphatic rings. The summed E-state index contributed by atoms with van der Waals surface area (Å²) in [5.41, 5.74) is -0.227. The van der Waals surface area contributed by atoms with E-state index in [0.29, 0.717) is 5.92 Å². The first-order valence-electron chi connectivity index (χ1n) is 6.82. The fourth-order valence-electron chi connectivity index (χ4n) is 2.92. The molecule has 0 bridgehead atoms. The number of anilines is 1. The van der Waals surface area contributed by atoms with Gasteiger partial charge in [0.15, 0.2) is 0 Å². The highest BCUT2D eigenvalue weighted by Gasteiger charge is 2.44. The molecule has 1 N–H and O–H groups in total. The number of aliphatic carboxylic acids is 1. The molecule has 104 valence electrons. The molecule has 0 amide bonds. The van der Waals surface area contributed by atoms with Crippen LogP contribution in [0.2, 0.25) is 0 Å². The van der Waals surface area contributed by atoms with E-state index in [1.807, 2.05) is 18.7 Å². The summed E-state index contributed by atoms with van der Waals surface area (Å²) in [5, 5.41) is 10.3. The van der Waals surface area contributed by atoms with Gasteiger partial charge in [0.2, 0.25) is 5.13 Å². The molecule has 1 aliphatic carbocycles. The van der Waals surface area contributed by atoms with Gasteiger partial charge in [-0.05, 0) is 31.1 Å². The average molecular weight is 281 g/mol. The zero-order chi connectivity index (χ0) is 13.6. The minimum atomic E-state index is -0.757. The number of carboxylic acid groups (broad SMARTS) is 1. The summed E-state index contributed by atoms with van der Waals surface area (Å²) in [6.07, 6.45) is 4.29. The van der Waals surface area contributed by atoms with Crippen molar-refractivity contribution in [1.29, 1.82) is 0 Å². The lowest BCUT2D eigenvalue weighted by Crippen LogP contribution is -2.54. The molecule has 1 atom stereocenters. The Hall–Kier alpha value is -1.17. The van der Waals surface area contributed by atoms with Crippen molar-refractivity contribution < 1.29 is 9.90 Å². The molecule has 1 aromatic heterocycles. The van der Waals surface area contributed by atoms with Crippen LogP contribution in [-0.2, 0) is 4.79 Å². The van der Waals surface area contributed by atoms with Crippen LogP contribution in [-0.4, -0.2) is 33.0 Å².